The number of nitrogens with one attached hydrogen (secondary N) is 3. The third-order valence-electron chi connectivity index (χ3n) is 6.68. The Kier molecular flexibility index (Phi) is 8.86. The van der Waals surface area contributed by atoms with Gasteiger partial charge in [0.15, 0.2) is 5.96 Å². The smallest absolute Gasteiger partial charge is 0.223 e. The molecule has 3 aliphatic rings. The highest BCUT2D eigenvalue weighted by Crippen LogP contribution is 2.31. The summed E-state index contributed by atoms with van der Waals surface area (Å²) in [6.45, 7) is 3.32. The number of aromatic hydroxyl groups is 1. The van der Waals surface area contributed by atoms with Crippen molar-refractivity contribution < 1.29 is 9.90 Å². The van der Waals surface area contributed by atoms with Crippen LogP contribution in [0.4, 0.5) is 0 Å². The van der Waals surface area contributed by atoms with Gasteiger partial charge in [-0.3, -0.25) is 4.79 Å². The third-order valence-corrected chi connectivity index (χ3v) is 6.68. The summed E-state index contributed by atoms with van der Waals surface area (Å²) in [5.74, 6) is 1.46. The lowest BCUT2D eigenvalue weighted by molar-refractivity contribution is -0.126. The summed E-state index contributed by atoms with van der Waals surface area (Å²) in [5, 5.41) is 20.5. The van der Waals surface area contributed by atoms with Crippen LogP contribution in [-0.2, 0) is 24.2 Å². The first-order valence-electron chi connectivity index (χ1n) is 11.8. The predicted octanol–water partition coefficient (Wildman–Crippen LogP) is 3.78. The number of halogens is 1. The fraction of sp³-hybridized carbons (Fsp3) is 0.667. The van der Waals surface area contributed by atoms with Gasteiger partial charge in [-0.15, -0.1) is 24.0 Å². The molecule has 2 atom stereocenters. The second-order valence-electron chi connectivity index (χ2n) is 9.09. The first kappa shape index (κ1) is 24.1. The van der Waals surface area contributed by atoms with E-state index in [4.69, 9.17) is 4.99 Å². The minimum absolute atomic E-state index is 0. The van der Waals surface area contributed by atoms with Crippen molar-refractivity contribution in [3.63, 3.8) is 0 Å². The fourth-order valence-electron chi connectivity index (χ4n) is 4.85. The van der Waals surface area contributed by atoms with E-state index in [1.54, 1.807) is 0 Å². The molecule has 0 spiro atoms. The average molecular weight is 540 g/mol. The lowest BCUT2D eigenvalue weighted by atomic mass is 9.85. The van der Waals surface area contributed by atoms with Crippen LogP contribution in [0.25, 0.3) is 0 Å². The summed E-state index contributed by atoms with van der Waals surface area (Å²) in [7, 11) is 0. The molecule has 0 saturated heterocycles. The van der Waals surface area contributed by atoms with E-state index in [1.807, 2.05) is 6.07 Å². The number of benzene rings is 1. The van der Waals surface area contributed by atoms with Crippen LogP contribution in [0.2, 0.25) is 0 Å². The average Bonchev–Trinajstić information content (AvgIpc) is 3.57. The van der Waals surface area contributed by atoms with Gasteiger partial charge in [-0.2, -0.15) is 0 Å². The molecule has 1 aromatic rings. The molecule has 1 aromatic carbocycles. The van der Waals surface area contributed by atoms with Crippen molar-refractivity contribution in [3.8, 4) is 5.75 Å². The van der Waals surface area contributed by atoms with Crippen molar-refractivity contribution >= 4 is 35.8 Å². The van der Waals surface area contributed by atoms with E-state index in [2.05, 4.69) is 28.9 Å². The zero-order chi connectivity index (χ0) is 20.9. The predicted molar refractivity (Wildman–Crippen MR) is 135 cm³/mol. The molecule has 172 valence electrons. The van der Waals surface area contributed by atoms with Crippen LogP contribution in [0.5, 0.6) is 5.75 Å². The van der Waals surface area contributed by atoms with Crippen molar-refractivity contribution in [2.45, 2.75) is 89.8 Å². The quantitative estimate of drug-likeness (QED) is 0.252. The first-order chi connectivity index (χ1) is 14.6. The molecule has 2 fully saturated rings. The van der Waals surface area contributed by atoms with Crippen LogP contribution >= 0.6 is 24.0 Å². The Hall–Kier alpha value is -1.51. The number of fused-ring (bicyclic) bond motifs is 1. The second-order valence-corrected chi connectivity index (χ2v) is 9.09. The van der Waals surface area contributed by atoms with E-state index in [1.165, 1.54) is 24.0 Å². The van der Waals surface area contributed by atoms with E-state index >= 15 is 0 Å². The SMILES string of the molecule is CCNC(=NCc1c(O)ccc2c1CCCC2)NC1CCCC(C(=O)NC2CC2)C1.I. The van der Waals surface area contributed by atoms with Gasteiger partial charge in [0, 0.05) is 30.1 Å². The zero-order valence-electron chi connectivity index (χ0n) is 18.6. The molecule has 2 unspecified atom stereocenters. The van der Waals surface area contributed by atoms with E-state index in [0.29, 0.717) is 18.3 Å². The molecule has 3 aliphatic carbocycles. The largest absolute Gasteiger partial charge is 0.508 e. The van der Waals surface area contributed by atoms with Gasteiger partial charge in [0.1, 0.15) is 5.75 Å². The molecular weight excluding hydrogens is 503 g/mol. The standard InChI is InChI=1S/C24H36N4O2.HI/c1-2-25-24(26-15-21-20-9-4-3-6-16(20)10-13-22(21)29)28-19-8-5-7-17(14-19)23(30)27-18-11-12-18;/h10,13,17-19,29H,2-9,11-12,14-15H2,1H3,(H,27,30)(H2,25,26,28);1H. The normalized spacial score (nSPS) is 23.3. The van der Waals surface area contributed by atoms with Gasteiger partial charge in [0.05, 0.1) is 6.54 Å². The molecule has 0 bridgehead atoms. The molecule has 31 heavy (non-hydrogen) atoms. The van der Waals surface area contributed by atoms with Crippen molar-refractivity contribution in [1.29, 1.82) is 0 Å². The monoisotopic (exact) mass is 540 g/mol. The third kappa shape index (κ3) is 6.49. The number of amides is 1. The molecule has 2 saturated carbocycles. The highest BCUT2D eigenvalue weighted by Gasteiger charge is 2.31. The number of phenols is 1. The number of aliphatic imine (C=N–C) groups is 1. The van der Waals surface area contributed by atoms with Gasteiger partial charge in [-0.1, -0.05) is 12.5 Å². The van der Waals surface area contributed by atoms with Crippen molar-refractivity contribution in [3.05, 3.63) is 28.8 Å². The van der Waals surface area contributed by atoms with Crippen LogP contribution in [0.1, 0.15) is 75.0 Å². The van der Waals surface area contributed by atoms with Crippen LogP contribution < -0.4 is 16.0 Å². The number of hydrogen-bond donors (Lipinski definition) is 4. The van der Waals surface area contributed by atoms with Gasteiger partial charge >= 0.3 is 0 Å². The summed E-state index contributed by atoms with van der Waals surface area (Å²) < 4.78 is 0. The topological polar surface area (TPSA) is 85.8 Å². The number of carbonyl (C=O) groups is 1. The summed E-state index contributed by atoms with van der Waals surface area (Å²) in [6, 6.07) is 4.56. The number of phenolic OH excluding ortho intramolecular Hbond substituents is 1. The minimum atomic E-state index is 0. The molecule has 6 nitrogen and oxygen atoms in total. The Morgan fingerprint density at radius 3 is 2.65 bits per heavy atom. The summed E-state index contributed by atoms with van der Waals surface area (Å²) in [5.41, 5.74) is 3.61. The van der Waals surface area contributed by atoms with Crippen LogP contribution in [0, 0.1) is 5.92 Å². The Morgan fingerprint density at radius 1 is 1.06 bits per heavy atom. The van der Waals surface area contributed by atoms with E-state index in [-0.39, 0.29) is 41.8 Å². The number of carbonyl (C=O) groups excluding carboxylic acids is 1. The van der Waals surface area contributed by atoms with Gasteiger partial charge in [-0.25, -0.2) is 4.99 Å². The maximum atomic E-state index is 12.5. The van der Waals surface area contributed by atoms with E-state index in [9.17, 15) is 9.90 Å². The van der Waals surface area contributed by atoms with Crippen molar-refractivity contribution in [2.24, 2.45) is 10.9 Å². The number of rotatable bonds is 6. The molecule has 7 heteroatoms. The molecule has 0 aromatic heterocycles. The van der Waals surface area contributed by atoms with Crippen molar-refractivity contribution in [1.82, 2.24) is 16.0 Å². The highest BCUT2D eigenvalue weighted by molar-refractivity contribution is 14.0. The number of hydrogen-bond acceptors (Lipinski definition) is 3. The summed E-state index contributed by atoms with van der Waals surface area (Å²) >= 11 is 0. The first-order valence-corrected chi connectivity index (χ1v) is 11.8. The molecule has 0 heterocycles. The van der Waals surface area contributed by atoms with Crippen LogP contribution in [0.3, 0.4) is 0 Å². The van der Waals surface area contributed by atoms with E-state index in [0.717, 1.165) is 69.4 Å². The molecule has 4 rings (SSSR count). The van der Waals surface area contributed by atoms with Crippen molar-refractivity contribution in [2.75, 3.05) is 6.54 Å². The summed E-state index contributed by atoms with van der Waals surface area (Å²) in [4.78, 5) is 17.3. The maximum absolute atomic E-state index is 12.5. The Bertz CT molecular complexity index is 794. The van der Waals surface area contributed by atoms with Crippen LogP contribution in [0.15, 0.2) is 17.1 Å². The molecule has 1 amide bonds. The fourth-order valence-corrected chi connectivity index (χ4v) is 4.85. The van der Waals surface area contributed by atoms with Gasteiger partial charge in [-0.05, 0) is 81.9 Å². The lowest BCUT2D eigenvalue weighted by Crippen LogP contribution is -2.47. The number of aryl methyl sites for hydroxylation is 1. The van der Waals surface area contributed by atoms with E-state index < -0.39 is 0 Å². The molecular formula is C24H37IN4O2. The second kappa shape index (κ2) is 11.4. The number of guanidine groups is 1. The van der Waals surface area contributed by atoms with Gasteiger partial charge in [0.2, 0.25) is 5.91 Å². The Balaban J connectivity index is 0.00000272. The van der Waals surface area contributed by atoms with Gasteiger partial charge < -0.3 is 21.1 Å². The van der Waals surface area contributed by atoms with Crippen LogP contribution in [-0.4, -0.2) is 35.6 Å². The maximum Gasteiger partial charge on any atom is 0.223 e. The Labute approximate surface area is 203 Å². The molecule has 0 aliphatic heterocycles. The highest BCUT2D eigenvalue weighted by atomic mass is 127. The lowest BCUT2D eigenvalue weighted by Gasteiger charge is -2.30. The molecule has 0 radical (unpaired) electrons. The minimum Gasteiger partial charge on any atom is -0.508 e. The van der Waals surface area contributed by atoms with Gasteiger partial charge in [0.25, 0.3) is 0 Å². The number of nitrogens with zero attached hydrogens (tertiary/aromatic N) is 1. The zero-order valence-corrected chi connectivity index (χ0v) is 20.9. The summed E-state index contributed by atoms with van der Waals surface area (Å²) in [6.07, 6.45) is 10.7. The molecule has 4 N–H and O–H groups in total. The Morgan fingerprint density at radius 2 is 1.87 bits per heavy atom.